The van der Waals surface area contributed by atoms with E-state index in [9.17, 15) is 4.79 Å². The molecule has 0 heterocycles. The molecule has 5 nitrogen and oxygen atoms in total. The lowest BCUT2D eigenvalue weighted by Crippen LogP contribution is -2.41. The number of anilines is 1. The second-order valence-corrected chi connectivity index (χ2v) is 5.24. The van der Waals surface area contributed by atoms with E-state index >= 15 is 0 Å². The van der Waals surface area contributed by atoms with E-state index in [1.165, 1.54) is 0 Å². The molecule has 0 radical (unpaired) electrons. The van der Waals surface area contributed by atoms with Gasteiger partial charge in [-0.1, -0.05) is 19.9 Å². The Kier molecular flexibility index (Phi) is 6.31. The summed E-state index contributed by atoms with van der Waals surface area (Å²) in [5.74, 6) is -0.0887. The van der Waals surface area contributed by atoms with Crippen LogP contribution in [0.3, 0.4) is 0 Å². The minimum atomic E-state index is -0.843. The van der Waals surface area contributed by atoms with E-state index in [-0.39, 0.29) is 6.04 Å². The highest BCUT2D eigenvalue weighted by atomic mass is 16.5. The highest BCUT2D eigenvalue weighted by molar-refractivity contribution is 5.73. The van der Waals surface area contributed by atoms with Gasteiger partial charge >= 0.3 is 5.97 Å². The van der Waals surface area contributed by atoms with Crippen molar-refractivity contribution >= 4 is 11.7 Å². The molecular formula is C15H24N2O3. The van der Waals surface area contributed by atoms with Crippen molar-refractivity contribution in [3.63, 3.8) is 0 Å². The van der Waals surface area contributed by atoms with Crippen LogP contribution in [0.25, 0.3) is 0 Å². The fourth-order valence-corrected chi connectivity index (χ4v) is 1.83. The molecule has 0 aliphatic heterocycles. The number of benzene rings is 1. The molecule has 5 heteroatoms. The second-order valence-electron chi connectivity index (χ2n) is 5.24. The van der Waals surface area contributed by atoms with Crippen LogP contribution in [0.15, 0.2) is 24.3 Å². The predicted octanol–water partition coefficient (Wildman–Crippen LogP) is 1.97. The summed E-state index contributed by atoms with van der Waals surface area (Å²) in [5, 5.41) is 12.1. The highest BCUT2D eigenvalue weighted by Crippen LogP contribution is 2.19. The monoisotopic (exact) mass is 280 g/mol. The molecule has 1 rings (SSSR count). The normalized spacial score (nSPS) is 12.2. The molecule has 0 aliphatic rings. The lowest BCUT2D eigenvalue weighted by molar-refractivity contribution is -0.140. The van der Waals surface area contributed by atoms with Gasteiger partial charge in [0.2, 0.25) is 0 Å². The molecule has 1 atom stereocenters. The Balaban J connectivity index is 2.50. The molecule has 20 heavy (non-hydrogen) atoms. The molecule has 0 fully saturated rings. The smallest absolute Gasteiger partial charge is 0.320 e. The average molecular weight is 280 g/mol. The molecule has 0 aliphatic carbocycles. The number of nitrogens with zero attached hydrogens (tertiary/aromatic N) is 1. The quantitative estimate of drug-likeness (QED) is 0.762. The van der Waals surface area contributed by atoms with E-state index in [2.05, 4.69) is 5.32 Å². The Bertz CT molecular complexity index is 433. The number of hydrogen-bond acceptors (Lipinski definition) is 4. The minimum Gasteiger partial charge on any atom is -0.493 e. The average Bonchev–Trinajstić information content (AvgIpc) is 2.37. The van der Waals surface area contributed by atoms with E-state index in [1.54, 1.807) is 0 Å². The maximum atomic E-state index is 11.1. The maximum absolute atomic E-state index is 11.1. The topological polar surface area (TPSA) is 61.8 Å². The molecule has 1 unspecified atom stereocenters. The van der Waals surface area contributed by atoms with Crippen molar-refractivity contribution in [1.82, 2.24) is 5.32 Å². The van der Waals surface area contributed by atoms with Crippen molar-refractivity contribution in [3.05, 3.63) is 24.3 Å². The van der Waals surface area contributed by atoms with E-state index in [0.717, 1.165) is 11.4 Å². The summed E-state index contributed by atoms with van der Waals surface area (Å²) >= 11 is 0. The van der Waals surface area contributed by atoms with Crippen molar-refractivity contribution in [2.24, 2.45) is 0 Å². The number of carboxylic acids is 1. The number of carbonyl (C=O) groups is 1. The lowest BCUT2D eigenvalue weighted by atomic mass is 10.2. The van der Waals surface area contributed by atoms with E-state index in [1.807, 2.05) is 57.1 Å². The molecule has 112 valence electrons. The summed E-state index contributed by atoms with van der Waals surface area (Å²) in [6.45, 7) is 4.22. The van der Waals surface area contributed by atoms with Crippen LogP contribution in [-0.2, 0) is 4.79 Å². The number of aliphatic carboxylic acids is 1. The standard InChI is InChI=1S/C15H24N2O3/c1-11(2)16-14(15(18)19)8-9-20-13-7-5-6-12(10-13)17(3)4/h5-7,10-11,14,16H,8-9H2,1-4H3,(H,18,19). The van der Waals surface area contributed by atoms with Gasteiger partial charge in [0.25, 0.3) is 0 Å². The van der Waals surface area contributed by atoms with Crippen LogP contribution in [0.4, 0.5) is 5.69 Å². The van der Waals surface area contributed by atoms with Crippen LogP contribution in [0.1, 0.15) is 20.3 Å². The van der Waals surface area contributed by atoms with Crippen LogP contribution in [0.2, 0.25) is 0 Å². The van der Waals surface area contributed by atoms with Crippen LogP contribution in [0, 0.1) is 0 Å². The molecule has 0 saturated heterocycles. The molecule has 2 N–H and O–H groups in total. The molecule has 0 spiro atoms. The zero-order chi connectivity index (χ0) is 15.1. The largest absolute Gasteiger partial charge is 0.493 e. The Labute approximate surface area is 120 Å². The SMILES string of the molecule is CC(C)NC(CCOc1cccc(N(C)C)c1)C(=O)O. The third-order valence-electron chi connectivity index (χ3n) is 2.84. The molecule has 0 saturated carbocycles. The van der Waals surface area contributed by atoms with Gasteiger partial charge in [0.1, 0.15) is 11.8 Å². The lowest BCUT2D eigenvalue weighted by Gasteiger charge is -2.18. The van der Waals surface area contributed by atoms with Gasteiger partial charge in [-0.3, -0.25) is 4.79 Å². The van der Waals surface area contributed by atoms with Crippen LogP contribution < -0.4 is 15.0 Å². The first-order chi connectivity index (χ1) is 9.40. The Morgan fingerprint density at radius 1 is 1.40 bits per heavy atom. The minimum absolute atomic E-state index is 0.133. The molecule has 0 amide bonds. The van der Waals surface area contributed by atoms with Gasteiger partial charge in [0, 0.05) is 38.3 Å². The summed E-state index contributed by atoms with van der Waals surface area (Å²) in [6, 6.07) is 7.28. The fourth-order valence-electron chi connectivity index (χ4n) is 1.83. The molecule has 1 aromatic rings. The zero-order valence-electron chi connectivity index (χ0n) is 12.6. The van der Waals surface area contributed by atoms with Crippen molar-refractivity contribution < 1.29 is 14.6 Å². The van der Waals surface area contributed by atoms with Crippen LogP contribution >= 0.6 is 0 Å². The van der Waals surface area contributed by atoms with Gasteiger partial charge in [-0.2, -0.15) is 0 Å². The number of nitrogens with one attached hydrogen (secondary N) is 1. The third-order valence-corrected chi connectivity index (χ3v) is 2.84. The Morgan fingerprint density at radius 3 is 2.65 bits per heavy atom. The maximum Gasteiger partial charge on any atom is 0.320 e. The van der Waals surface area contributed by atoms with E-state index in [4.69, 9.17) is 9.84 Å². The van der Waals surface area contributed by atoms with Gasteiger partial charge in [0.15, 0.2) is 0 Å². The Hall–Kier alpha value is -1.75. The fraction of sp³-hybridized carbons (Fsp3) is 0.533. The first kappa shape index (κ1) is 16.3. The van der Waals surface area contributed by atoms with E-state index < -0.39 is 12.0 Å². The van der Waals surface area contributed by atoms with Crippen molar-refractivity contribution in [1.29, 1.82) is 0 Å². The number of hydrogen-bond donors (Lipinski definition) is 2. The number of rotatable bonds is 8. The third kappa shape index (κ3) is 5.48. The van der Waals surface area contributed by atoms with Crippen molar-refractivity contribution in [2.75, 3.05) is 25.6 Å². The van der Waals surface area contributed by atoms with Crippen molar-refractivity contribution in [3.8, 4) is 5.75 Å². The van der Waals surface area contributed by atoms with Gasteiger partial charge in [-0.15, -0.1) is 0 Å². The van der Waals surface area contributed by atoms with Gasteiger partial charge < -0.3 is 20.1 Å². The summed E-state index contributed by atoms with van der Waals surface area (Å²) in [5.41, 5.74) is 1.05. The Morgan fingerprint density at radius 2 is 2.10 bits per heavy atom. The summed E-state index contributed by atoms with van der Waals surface area (Å²) in [7, 11) is 3.93. The highest BCUT2D eigenvalue weighted by Gasteiger charge is 2.17. The van der Waals surface area contributed by atoms with Crippen molar-refractivity contribution in [2.45, 2.75) is 32.4 Å². The van der Waals surface area contributed by atoms with Crippen LogP contribution in [-0.4, -0.2) is 43.9 Å². The molecule has 0 bridgehead atoms. The summed E-state index contributed by atoms with van der Waals surface area (Å²) in [4.78, 5) is 13.1. The first-order valence-electron chi connectivity index (χ1n) is 6.79. The van der Waals surface area contributed by atoms with Crippen LogP contribution in [0.5, 0.6) is 5.75 Å². The van der Waals surface area contributed by atoms with E-state index in [0.29, 0.717) is 13.0 Å². The first-order valence-corrected chi connectivity index (χ1v) is 6.79. The summed E-state index contributed by atoms with van der Waals surface area (Å²) in [6.07, 6.45) is 0.430. The summed E-state index contributed by atoms with van der Waals surface area (Å²) < 4.78 is 5.63. The van der Waals surface area contributed by atoms with Gasteiger partial charge in [-0.25, -0.2) is 0 Å². The molecular weight excluding hydrogens is 256 g/mol. The molecule has 1 aromatic carbocycles. The predicted molar refractivity (Wildman–Crippen MR) is 80.6 cm³/mol. The molecule has 0 aromatic heterocycles. The van der Waals surface area contributed by atoms with Gasteiger partial charge in [-0.05, 0) is 12.1 Å². The second kappa shape index (κ2) is 7.75. The van der Waals surface area contributed by atoms with Gasteiger partial charge in [0.05, 0.1) is 6.61 Å². The number of ether oxygens (including phenoxy) is 1. The number of carboxylic acid groups (broad SMARTS) is 1. The zero-order valence-corrected chi connectivity index (χ0v) is 12.6.